The summed E-state index contributed by atoms with van der Waals surface area (Å²) >= 11 is 6.12. The second kappa shape index (κ2) is 11.2. The van der Waals surface area contributed by atoms with Crippen molar-refractivity contribution in [3.05, 3.63) is 70.1 Å². The molecule has 1 amide bonds. The molecule has 0 saturated carbocycles. The highest BCUT2D eigenvalue weighted by Gasteiger charge is 2.36. The normalized spacial score (nSPS) is 17.1. The summed E-state index contributed by atoms with van der Waals surface area (Å²) in [7, 11) is -2.51. The van der Waals surface area contributed by atoms with Gasteiger partial charge in [0.1, 0.15) is 23.4 Å². The third kappa shape index (κ3) is 5.05. The highest BCUT2D eigenvalue weighted by atomic mass is 35.5. The number of anilines is 1. The molecular formula is C27H25ClFN5O5S3. The van der Waals surface area contributed by atoms with Crippen molar-refractivity contribution < 1.29 is 26.6 Å². The van der Waals surface area contributed by atoms with Crippen molar-refractivity contribution in [1.82, 2.24) is 19.0 Å². The molecule has 0 spiro atoms. The van der Waals surface area contributed by atoms with Crippen LogP contribution in [0.2, 0.25) is 5.15 Å². The van der Waals surface area contributed by atoms with E-state index in [9.17, 15) is 22.2 Å². The summed E-state index contributed by atoms with van der Waals surface area (Å²) in [5.74, 6) is -0.880. The number of imidazole rings is 1. The number of fused-ring (bicyclic) bond motifs is 2. The predicted molar refractivity (Wildman–Crippen MR) is 162 cm³/mol. The molecule has 15 heteroatoms. The number of carbonyl (C=O) groups is 1. The monoisotopic (exact) mass is 649 g/mol. The zero-order valence-corrected chi connectivity index (χ0v) is 25.6. The molecule has 2 N–H and O–H groups in total. The van der Waals surface area contributed by atoms with Crippen LogP contribution in [0.3, 0.4) is 0 Å². The maximum absolute atomic E-state index is 13.8. The number of aromatic nitrogens is 2. The lowest BCUT2D eigenvalue weighted by molar-refractivity contribution is 0.0964. The highest BCUT2D eigenvalue weighted by molar-refractivity contribution is 7.92. The largest absolute Gasteiger partial charge is 0.593 e. The van der Waals surface area contributed by atoms with E-state index >= 15 is 0 Å². The lowest BCUT2D eigenvalue weighted by Crippen LogP contribution is -2.39. The smallest absolute Gasteiger partial charge is 0.262 e. The third-order valence-electron chi connectivity index (χ3n) is 7.26. The van der Waals surface area contributed by atoms with Crippen molar-refractivity contribution in [2.24, 2.45) is 0 Å². The second-order valence-electron chi connectivity index (χ2n) is 9.85. The molecule has 6 rings (SSSR count). The van der Waals surface area contributed by atoms with Crippen LogP contribution in [0.4, 0.5) is 10.1 Å². The number of furan rings is 1. The first-order valence-corrected chi connectivity index (χ1v) is 17.1. The standard InChI is InChI=1S/C27H25ClFN5O5S3/c1-30-25(35)22-19-12-18(20(32-41(2)36)13-21(19)39-23(22)15-5-7-17(29)8-6-15)16-4-3-9-33(14-16)42(37,38)26-24(28)31-27-34(26)10-11-40-27/h5-8,10-13,16,32H,3-4,9,14H2,1-2H3,(H,30,35)/t16-,41-/m0/s1. The summed E-state index contributed by atoms with van der Waals surface area (Å²) in [6, 6.07) is 9.06. The van der Waals surface area contributed by atoms with Gasteiger partial charge in [0.05, 0.1) is 22.6 Å². The minimum atomic E-state index is -4.01. The number of hydrogen-bond donors (Lipinski definition) is 2. The summed E-state index contributed by atoms with van der Waals surface area (Å²) in [5, 5.41) is 4.71. The molecular weight excluding hydrogens is 625 g/mol. The van der Waals surface area contributed by atoms with E-state index in [0.717, 1.165) is 0 Å². The van der Waals surface area contributed by atoms with Gasteiger partial charge in [-0.1, -0.05) is 11.6 Å². The number of hydrogen-bond acceptors (Lipinski definition) is 8. The summed E-state index contributed by atoms with van der Waals surface area (Å²) in [4.78, 5) is 17.8. The molecule has 5 aromatic rings. The number of halogens is 2. The molecule has 1 saturated heterocycles. The Morgan fingerprint density at radius 2 is 2.05 bits per heavy atom. The first-order valence-electron chi connectivity index (χ1n) is 12.9. The average molecular weight is 650 g/mol. The van der Waals surface area contributed by atoms with Crippen LogP contribution in [-0.2, 0) is 21.4 Å². The molecule has 3 aromatic heterocycles. The van der Waals surface area contributed by atoms with Gasteiger partial charge in [-0.25, -0.2) is 22.5 Å². The van der Waals surface area contributed by atoms with Crippen LogP contribution in [0.5, 0.6) is 0 Å². The van der Waals surface area contributed by atoms with Crippen LogP contribution in [0.15, 0.2) is 57.4 Å². The SMILES string of the molecule is CNC(=O)c1c(-c2ccc(F)cc2)oc2cc(N[S@+](C)[O-])c([C@H]3CCCN(S(=O)(=O)c4c(Cl)nc5sccn45)C3)cc12. The molecule has 42 heavy (non-hydrogen) atoms. The lowest BCUT2D eigenvalue weighted by atomic mass is 9.89. The zero-order chi connectivity index (χ0) is 29.8. The van der Waals surface area contributed by atoms with Gasteiger partial charge in [0.2, 0.25) is 0 Å². The van der Waals surface area contributed by atoms with Gasteiger partial charge in [-0.05, 0) is 54.7 Å². The molecule has 1 aliphatic rings. The van der Waals surface area contributed by atoms with Crippen LogP contribution < -0.4 is 10.0 Å². The fourth-order valence-electron chi connectivity index (χ4n) is 5.40. The number of piperidine rings is 1. The maximum atomic E-state index is 13.8. The van der Waals surface area contributed by atoms with Gasteiger partial charge in [-0.15, -0.1) is 11.3 Å². The minimum absolute atomic E-state index is 0.0785. The number of thiazole rings is 1. The predicted octanol–water partition coefficient (Wildman–Crippen LogP) is 5.23. The van der Waals surface area contributed by atoms with E-state index in [2.05, 4.69) is 15.0 Å². The van der Waals surface area contributed by atoms with Crippen molar-refractivity contribution in [2.75, 3.05) is 31.1 Å². The highest BCUT2D eigenvalue weighted by Crippen LogP contribution is 2.41. The van der Waals surface area contributed by atoms with Gasteiger partial charge in [0.15, 0.2) is 15.1 Å². The van der Waals surface area contributed by atoms with Gasteiger partial charge < -0.3 is 14.3 Å². The topological polar surface area (TPSA) is 132 Å². The molecule has 2 aromatic carbocycles. The van der Waals surface area contributed by atoms with E-state index in [1.54, 1.807) is 23.7 Å². The Morgan fingerprint density at radius 3 is 2.76 bits per heavy atom. The molecule has 4 heterocycles. The molecule has 0 aliphatic carbocycles. The summed E-state index contributed by atoms with van der Waals surface area (Å²) in [6.45, 7) is 0.422. The second-order valence-corrected chi connectivity index (χ2v) is 14.0. The van der Waals surface area contributed by atoms with Gasteiger partial charge >= 0.3 is 0 Å². The molecule has 0 unspecified atom stereocenters. The minimum Gasteiger partial charge on any atom is -0.593 e. The molecule has 1 aliphatic heterocycles. The van der Waals surface area contributed by atoms with Crippen LogP contribution in [0.25, 0.3) is 27.3 Å². The number of sulfonamides is 1. The van der Waals surface area contributed by atoms with E-state index in [1.165, 1.54) is 57.6 Å². The fourth-order valence-corrected chi connectivity index (χ4v) is 8.82. The Labute approximate surface area is 252 Å². The maximum Gasteiger partial charge on any atom is 0.262 e. The number of rotatable bonds is 7. The van der Waals surface area contributed by atoms with E-state index in [-0.39, 0.29) is 34.0 Å². The van der Waals surface area contributed by atoms with Crippen molar-refractivity contribution in [1.29, 1.82) is 0 Å². The molecule has 0 bridgehead atoms. The fraction of sp³-hybridized carbons (Fsp3) is 0.259. The number of benzene rings is 2. The Morgan fingerprint density at radius 1 is 1.29 bits per heavy atom. The summed E-state index contributed by atoms with van der Waals surface area (Å²) in [6.07, 6.45) is 4.32. The van der Waals surface area contributed by atoms with E-state index < -0.39 is 33.1 Å². The Balaban J connectivity index is 1.46. The Hall–Kier alpha value is -3.14. The van der Waals surface area contributed by atoms with Gasteiger partial charge in [-0.3, -0.25) is 9.20 Å². The van der Waals surface area contributed by atoms with Crippen molar-refractivity contribution >= 4 is 71.8 Å². The quantitative estimate of drug-likeness (QED) is 0.231. The van der Waals surface area contributed by atoms with Crippen LogP contribution in [-0.4, -0.2) is 59.0 Å². The molecule has 0 radical (unpaired) electrons. The van der Waals surface area contributed by atoms with E-state index in [4.69, 9.17) is 16.0 Å². The average Bonchev–Trinajstić information content (AvgIpc) is 3.64. The zero-order valence-electron chi connectivity index (χ0n) is 22.4. The molecule has 2 atom stereocenters. The first-order chi connectivity index (χ1) is 20.1. The van der Waals surface area contributed by atoms with Crippen LogP contribution in [0.1, 0.15) is 34.7 Å². The third-order valence-corrected chi connectivity index (χ3v) is 10.8. The van der Waals surface area contributed by atoms with Crippen LogP contribution >= 0.6 is 22.9 Å². The Bertz CT molecular complexity index is 1920. The van der Waals surface area contributed by atoms with Crippen molar-refractivity contribution in [3.8, 4) is 11.3 Å². The number of carbonyl (C=O) groups excluding carboxylic acids is 1. The molecule has 10 nitrogen and oxygen atoms in total. The van der Waals surface area contributed by atoms with Gasteiger partial charge in [-0.2, -0.15) is 4.31 Å². The van der Waals surface area contributed by atoms with Crippen molar-refractivity contribution in [2.45, 2.75) is 23.8 Å². The molecule has 1 fully saturated rings. The van der Waals surface area contributed by atoms with E-state index in [0.29, 0.717) is 52.1 Å². The lowest BCUT2D eigenvalue weighted by Gasteiger charge is -2.32. The number of amides is 1. The summed E-state index contributed by atoms with van der Waals surface area (Å²) in [5.41, 5.74) is 2.31. The molecule has 220 valence electrons. The van der Waals surface area contributed by atoms with Gasteiger partial charge in [0.25, 0.3) is 15.9 Å². The number of nitrogens with one attached hydrogen (secondary N) is 2. The van der Waals surface area contributed by atoms with Gasteiger partial charge in [0, 0.05) is 48.7 Å². The van der Waals surface area contributed by atoms with Crippen LogP contribution in [0, 0.1) is 5.82 Å². The van der Waals surface area contributed by atoms with E-state index in [1.807, 2.05) is 0 Å². The Kier molecular flexibility index (Phi) is 7.70. The first kappa shape index (κ1) is 29.0. The van der Waals surface area contributed by atoms with Crippen molar-refractivity contribution in [3.63, 3.8) is 0 Å². The summed E-state index contributed by atoms with van der Waals surface area (Å²) < 4.78 is 65.6. The number of nitrogens with zero attached hydrogens (tertiary/aromatic N) is 3.